The van der Waals surface area contributed by atoms with Crippen LogP contribution in [0.5, 0.6) is 11.5 Å². The molecule has 0 saturated carbocycles. The zero-order valence-electron chi connectivity index (χ0n) is 17.5. The number of amides is 1. The van der Waals surface area contributed by atoms with E-state index in [0.29, 0.717) is 31.0 Å². The van der Waals surface area contributed by atoms with Crippen LogP contribution in [0.4, 0.5) is 0 Å². The number of nitrogens with zero attached hydrogens (tertiary/aromatic N) is 2. The normalized spacial score (nSPS) is 15.2. The van der Waals surface area contributed by atoms with E-state index in [2.05, 4.69) is 5.16 Å². The summed E-state index contributed by atoms with van der Waals surface area (Å²) in [5.41, 5.74) is 2.82. The molecule has 31 heavy (non-hydrogen) atoms. The Labute approximate surface area is 185 Å². The van der Waals surface area contributed by atoms with Crippen molar-refractivity contribution in [1.82, 2.24) is 4.90 Å². The van der Waals surface area contributed by atoms with Crippen LogP contribution in [0.15, 0.2) is 71.2 Å². The fourth-order valence-corrected chi connectivity index (χ4v) is 4.23. The molecule has 0 saturated heterocycles. The van der Waals surface area contributed by atoms with Gasteiger partial charge in [-0.2, -0.15) is 0 Å². The van der Waals surface area contributed by atoms with E-state index in [4.69, 9.17) is 14.3 Å². The van der Waals surface area contributed by atoms with Gasteiger partial charge >= 0.3 is 0 Å². The number of ether oxygens (including phenoxy) is 2. The van der Waals surface area contributed by atoms with Crippen LogP contribution in [0.25, 0.3) is 0 Å². The molecule has 1 atom stereocenters. The average molecular weight is 437 g/mol. The molecule has 6 nitrogen and oxygen atoms in total. The van der Waals surface area contributed by atoms with Crippen LogP contribution in [-0.2, 0) is 11.4 Å². The molecule has 1 amide bonds. The summed E-state index contributed by atoms with van der Waals surface area (Å²) in [6, 6.07) is 19.4. The van der Waals surface area contributed by atoms with Gasteiger partial charge in [-0.1, -0.05) is 41.6 Å². The number of hydrogen-bond donors (Lipinski definition) is 0. The summed E-state index contributed by atoms with van der Waals surface area (Å²) in [6.45, 7) is 0.967. The van der Waals surface area contributed by atoms with Crippen LogP contribution < -0.4 is 9.47 Å². The molecular weight excluding hydrogens is 412 g/mol. The molecule has 7 heteroatoms. The second-order valence-electron chi connectivity index (χ2n) is 7.19. The largest absolute Gasteiger partial charge is 0.493 e. The van der Waals surface area contributed by atoms with E-state index in [1.807, 2.05) is 70.9 Å². The first kappa shape index (κ1) is 20.9. The monoisotopic (exact) mass is 436 g/mol. The minimum Gasteiger partial charge on any atom is -0.493 e. The molecule has 160 valence electrons. The maximum atomic E-state index is 13.1. The van der Waals surface area contributed by atoms with Crippen molar-refractivity contribution in [1.29, 1.82) is 0 Å². The molecule has 1 aliphatic heterocycles. The standard InChI is InChI=1S/C24H24N2O4S/c1-28-21-11-10-18(13-22(21)29-2)20-14-19(30-25-20)16-26(15-17-7-4-3-5-8-17)24(27)23-9-6-12-31-23/h3-13,19H,14-16H2,1-2H3/t19-/m1/s1. The Kier molecular flexibility index (Phi) is 6.52. The highest BCUT2D eigenvalue weighted by Crippen LogP contribution is 2.30. The van der Waals surface area contributed by atoms with Crippen LogP contribution in [0, 0.1) is 0 Å². The summed E-state index contributed by atoms with van der Waals surface area (Å²) < 4.78 is 10.7. The second kappa shape index (κ2) is 9.66. The van der Waals surface area contributed by atoms with E-state index in [1.165, 1.54) is 11.3 Å². The topological polar surface area (TPSA) is 60.4 Å². The number of benzene rings is 2. The molecule has 0 unspecified atom stereocenters. The third kappa shape index (κ3) is 4.88. The van der Waals surface area contributed by atoms with Crippen molar-refractivity contribution in [2.45, 2.75) is 19.1 Å². The van der Waals surface area contributed by atoms with Gasteiger partial charge in [0.25, 0.3) is 5.91 Å². The van der Waals surface area contributed by atoms with Gasteiger partial charge in [-0.05, 0) is 35.2 Å². The van der Waals surface area contributed by atoms with Crippen molar-refractivity contribution in [2.75, 3.05) is 20.8 Å². The summed E-state index contributed by atoms with van der Waals surface area (Å²) in [5.74, 6) is 1.31. The summed E-state index contributed by atoms with van der Waals surface area (Å²) in [5, 5.41) is 6.20. The van der Waals surface area contributed by atoms with Crippen molar-refractivity contribution >= 4 is 23.0 Å². The number of rotatable bonds is 8. The van der Waals surface area contributed by atoms with Gasteiger partial charge in [0.1, 0.15) is 0 Å². The molecule has 1 aliphatic rings. The van der Waals surface area contributed by atoms with Crippen molar-refractivity contribution in [3.05, 3.63) is 82.0 Å². The van der Waals surface area contributed by atoms with Crippen LogP contribution in [0.3, 0.4) is 0 Å². The number of carbonyl (C=O) groups excluding carboxylic acids is 1. The molecule has 0 N–H and O–H groups in total. The highest BCUT2D eigenvalue weighted by Gasteiger charge is 2.28. The Balaban J connectivity index is 1.47. The van der Waals surface area contributed by atoms with Crippen LogP contribution in [-0.4, -0.2) is 43.4 Å². The number of methoxy groups -OCH3 is 2. The minimum atomic E-state index is -0.212. The van der Waals surface area contributed by atoms with Crippen molar-refractivity contribution < 1.29 is 19.1 Å². The Bertz CT molecular complexity index is 1050. The highest BCUT2D eigenvalue weighted by atomic mass is 32.1. The number of carbonyl (C=O) groups is 1. The summed E-state index contributed by atoms with van der Waals surface area (Å²) in [7, 11) is 3.21. The van der Waals surface area contributed by atoms with Crippen LogP contribution in [0.2, 0.25) is 0 Å². The first-order valence-corrected chi connectivity index (χ1v) is 10.9. The van der Waals surface area contributed by atoms with E-state index in [9.17, 15) is 4.79 Å². The lowest BCUT2D eigenvalue weighted by atomic mass is 10.0. The maximum Gasteiger partial charge on any atom is 0.264 e. The van der Waals surface area contributed by atoms with Gasteiger partial charge in [0.05, 0.1) is 31.4 Å². The zero-order valence-corrected chi connectivity index (χ0v) is 18.3. The average Bonchev–Trinajstić information content (AvgIpc) is 3.51. The van der Waals surface area contributed by atoms with Gasteiger partial charge < -0.3 is 19.2 Å². The van der Waals surface area contributed by atoms with Gasteiger partial charge in [0, 0.05) is 18.5 Å². The first-order chi connectivity index (χ1) is 15.2. The lowest BCUT2D eigenvalue weighted by Gasteiger charge is -2.24. The van der Waals surface area contributed by atoms with Gasteiger partial charge in [-0.3, -0.25) is 4.79 Å². The summed E-state index contributed by atoms with van der Waals surface area (Å²) in [6.07, 6.45) is 0.397. The fourth-order valence-electron chi connectivity index (χ4n) is 3.54. The van der Waals surface area contributed by atoms with E-state index in [1.54, 1.807) is 14.2 Å². The molecular formula is C24H24N2O4S. The molecule has 4 rings (SSSR count). The molecule has 2 aromatic carbocycles. The van der Waals surface area contributed by atoms with Gasteiger partial charge in [0.15, 0.2) is 17.6 Å². The Morgan fingerprint density at radius 3 is 2.61 bits per heavy atom. The number of thiophene rings is 1. The fraction of sp³-hybridized carbons (Fsp3) is 0.250. The molecule has 2 heterocycles. The minimum absolute atomic E-state index is 0.00187. The first-order valence-electron chi connectivity index (χ1n) is 9.99. The quantitative estimate of drug-likeness (QED) is 0.518. The van der Waals surface area contributed by atoms with E-state index >= 15 is 0 Å². The van der Waals surface area contributed by atoms with Crippen molar-refractivity contribution in [3.63, 3.8) is 0 Å². The van der Waals surface area contributed by atoms with Gasteiger partial charge in [0.2, 0.25) is 0 Å². The predicted octanol–water partition coefficient (Wildman–Crippen LogP) is 4.60. The number of hydrogen-bond acceptors (Lipinski definition) is 6. The Morgan fingerprint density at radius 1 is 1.10 bits per heavy atom. The molecule has 3 aromatic rings. The van der Waals surface area contributed by atoms with Crippen molar-refractivity contribution in [3.8, 4) is 11.5 Å². The summed E-state index contributed by atoms with van der Waals surface area (Å²) >= 11 is 1.45. The van der Waals surface area contributed by atoms with E-state index < -0.39 is 0 Å². The summed E-state index contributed by atoms with van der Waals surface area (Å²) in [4.78, 5) is 21.4. The Hall–Kier alpha value is -3.32. The molecule has 0 spiro atoms. The molecule has 1 aromatic heterocycles. The molecule has 0 aliphatic carbocycles. The smallest absolute Gasteiger partial charge is 0.264 e. The van der Waals surface area contributed by atoms with E-state index in [0.717, 1.165) is 21.7 Å². The third-order valence-electron chi connectivity index (χ3n) is 5.11. The number of oxime groups is 1. The van der Waals surface area contributed by atoms with E-state index in [-0.39, 0.29) is 12.0 Å². The van der Waals surface area contributed by atoms with Crippen LogP contribution in [0.1, 0.15) is 27.2 Å². The van der Waals surface area contributed by atoms with Crippen molar-refractivity contribution in [2.24, 2.45) is 5.16 Å². The lowest BCUT2D eigenvalue weighted by molar-refractivity contribution is 0.0408. The SMILES string of the molecule is COc1ccc(C2=NO[C@@H](CN(Cc3ccccc3)C(=O)c3cccs3)C2)cc1OC. The zero-order chi connectivity index (χ0) is 21.6. The maximum absolute atomic E-state index is 13.1. The molecule has 0 bridgehead atoms. The third-order valence-corrected chi connectivity index (χ3v) is 5.97. The van der Waals surface area contributed by atoms with Gasteiger partial charge in [-0.15, -0.1) is 11.3 Å². The highest BCUT2D eigenvalue weighted by molar-refractivity contribution is 7.12. The molecule has 0 fully saturated rings. The van der Waals surface area contributed by atoms with Gasteiger partial charge in [-0.25, -0.2) is 0 Å². The lowest BCUT2D eigenvalue weighted by Crippen LogP contribution is -2.37. The Morgan fingerprint density at radius 2 is 1.90 bits per heavy atom. The second-order valence-corrected chi connectivity index (χ2v) is 8.14. The molecule has 0 radical (unpaired) electrons. The van der Waals surface area contributed by atoms with Crippen LogP contribution >= 0.6 is 11.3 Å². The predicted molar refractivity (Wildman–Crippen MR) is 121 cm³/mol.